The van der Waals surface area contributed by atoms with Gasteiger partial charge >= 0.3 is 6.29 Å². The maximum Gasteiger partial charge on any atom is 0.586 e. The van der Waals surface area contributed by atoms with Crippen LogP contribution >= 0.6 is 0 Å². The first-order valence-corrected chi connectivity index (χ1v) is 10.8. The number of hydrogen-bond donors (Lipinski definition) is 1. The third kappa shape index (κ3) is 3.30. The van der Waals surface area contributed by atoms with Gasteiger partial charge in [-0.05, 0) is 49.4 Å². The number of hydrogen-bond acceptors (Lipinski definition) is 4. The highest BCUT2D eigenvalue weighted by molar-refractivity contribution is 5.92. The Hall–Kier alpha value is -2.83. The molecule has 2 aromatic carbocycles. The van der Waals surface area contributed by atoms with Gasteiger partial charge in [-0.3, -0.25) is 4.79 Å². The van der Waals surface area contributed by atoms with Crippen LogP contribution in [0.4, 0.5) is 8.78 Å². The molecule has 1 amide bonds. The van der Waals surface area contributed by atoms with Gasteiger partial charge in [-0.15, -0.1) is 8.78 Å². The number of amides is 1. The number of para-hydroxylation sites is 1. The minimum Gasteiger partial charge on any atom is -0.487 e. The van der Waals surface area contributed by atoms with Gasteiger partial charge in [0.15, 0.2) is 11.5 Å². The Labute approximate surface area is 179 Å². The molecule has 0 aromatic heterocycles. The van der Waals surface area contributed by atoms with Crippen molar-refractivity contribution in [2.45, 2.75) is 69.3 Å². The summed E-state index contributed by atoms with van der Waals surface area (Å²) in [6, 6.07) is 12.3. The Morgan fingerprint density at radius 3 is 2.42 bits per heavy atom. The first kappa shape index (κ1) is 20.1. The summed E-state index contributed by atoms with van der Waals surface area (Å²) in [6.45, 7) is 4.20. The van der Waals surface area contributed by atoms with Crippen molar-refractivity contribution in [1.82, 2.24) is 5.32 Å². The van der Waals surface area contributed by atoms with Gasteiger partial charge in [0.2, 0.25) is 5.91 Å². The lowest BCUT2D eigenvalue weighted by atomic mass is 9.83. The molecule has 1 saturated carbocycles. The number of fused-ring (bicyclic) bond motifs is 2. The van der Waals surface area contributed by atoms with Crippen LogP contribution in [-0.2, 0) is 10.2 Å². The van der Waals surface area contributed by atoms with E-state index in [1.54, 1.807) is 6.07 Å². The van der Waals surface area contributed by atoms with Gasteiger partial charge in [-0.2, -0.15) is 0 Å². The van der Waals surface area contributed by atoms with Crippen molar-refractivity contribution >= 4 is 5.91 Å². The van der Waals surface area contributed by atoms with Crippen molar-refractivity contribution < 1.29 is 27.8 Å². The summed E-state index contributed by atoms with van der Waals surface area (Å²) >= 11 is 0. The van der Waals surface area contributed by atoms with Crippen LogP contribution < -0.4 is 19.5 Å². The van der Waals surface area contributed by atoms with Gasteiger partial charge in [-0.25, -0.2) is 0 Å². The summed E-state index contributed by atoms with van der Waals surface area (Å²) in [4.78, 5) is 13.4. The highest BCUT2D eigenvalue weighted by atomic mass is 19.3. The van der Waals surface area contributed by atoms with Crippen molar-refractivity contribution in [3.05, 3.63) is 53.6 Å². The van der Waals surface area contributed by atoms with Crippen LogP contribution in [0.3, 0.4) is 0 Å². The molecule has 1 atom stereocenters. The summed E-state index contributed by atoms with van der Waals surface area (Å²) in [5, 5.41) is 3.24. The quantitative estimate of drug-likeness (QED) is 0.706. The van der Waals surface area contributed by atoms with Crippen LogP contribution in [0.1, 0.15) is 63.1 Å². The van der Waals surface area contributed by atoms with E-state index in [4.69, 9.17) is 4.74 Å². The van der Waals surface area contributed by atoms with E-state index in [-0.39, 0.29) is 29.0 Å². The van der Waals surface area contributed by atoms with Gasteiger partial charge < -0.3 is 19.5 Å². The molecule has 0 bridgehead atoms. The molecule has 5 nitrogen and oxygen atoms in total. The molecular formula is C24H25F2NO4. The van der Waals surface area contributed by atoms with Crippen LogP contribution in [0, 0.1) is 0 Å². The van der Waals surface area contributed by atoms with E-state index in [1.807, 2.05) is 24.3 Å². The van der Waals surface area contributed by atoms with Crippen molar-refractivity contribution in [3.63, 3.8) is 0 Å². The standard InChI is InChI=1S/C24H25F2NO4/c1-3-22(4-2)14-17(16-7-5-6-8-18(16)29-22)27-21(28)23(11-12-23)15-9-10-19-20(13-15)31-24(25,26)30-19/h5-10,13,17H,3-4,11-12,14H2,1-2H3,(H,27,28)/t17-/m1/s1. The highest BCUT2D eigenvalue weighted by Gasteiger charge is 2.53. The molecule has 0 spiro atoms. The molecule has 0 radical (unpaired) electrons. The molecule has 7 heteroatoms. The molecule has 0 unspecified atom stereocenters. The smallest absolute Gasteiger partial charge is 0.487 e. The van der Waals surface area contributed by atoms with Crippen LogP contribution in [0.2, 0.25) is 0 Å². The number of ether oxygens (including phenoxy) is 3. The molecule has 164 valence electrons. The Balaban J connectivity index is 1.41. The summed E-state index contributed by atoms with van der Waals surface area (Å²) in [6.07, 6.45) is 0.0118. The van der Waals surface area contributed by atoms with E-state index in [0.717, 1.165) is 24.2 Å². The summed E-state index contributed by atoms with van der Waals surface area (Å²) in [5.74, 6) is 0.659. The highest BCUT2D eigenvalue weighted by Crippen LogP contribution is 2.52. The molecule has 1 fully saturated rings. The second kappa shape index (κ2) is 6.84. The normalized spacial score (nSPS) is 23.4. The van der Waals surface area contributed by atoms with Crippen LogP contribution in [-0.4, -0.2) is 17.8 Å². The van der Waals surface area contributed by atoms with Gasteiger partial charge in [-0.1, -0.05) is 38.1 Å². The molecule has 2 aromatic rings. The minimum atomic E-state index is -3.67. The Morgan fingerprint density at radius 2 is 1.71 bits per heavy atom. The second-order valence-electron chi connectivity index (χ2n) is 8.67. The van der Waals surface area contributed by atoms with Crippen molar-refractivity contribution in [3.8, 4) is 17.2 Å². The molecule has 2 heterocycles. The van der Waals surface area contributed by atoms with Crippen LogP contribution in [0.15, 0.2) is 42.5 Å². The van der Waals surface area contributed by atoms with E-state index >= 15 is 0 Å². The molecule has 2 aliphatic heterocycles. The third-order valence-corrected chi connectivity index (χ3v) is 6.93. The van der Waals surface area contributed by atoms with Crippen molar-refractivity contribution in [2.75, 3.05) is 0 Å². The van der Waals surface area contributed by atoms with Gasteiger partial charge in [0.05, 0.1) is 11.5 Å². The summed E-state index contributed by atoms with van der Waals surface area (Å²) < 4.78 is 42.2. The number of nitrogens with one attached hydrogen (secondary N) is 1. The number of rotatable bonds is 5. The zero-order chi connectivity index (χ0) is 21.9. The predicted molar refractivity (Wildman–Crippen MR) is 109 cm³/mol. The average molecular weight is 429 g/mol. The Morgan fingerprint density at radius 1 is 1.00 bits per heavy atom. The number of alkyl halides is 2. The molecule has 1 aliphatic carbocycles. The molecule has 0 saturated heterocycles. The largest absolute Gasteiger partial charge is 0.586 e. The number of carbonyl (C=O) groups excluding carboxylic acids is 1. The lowest BCUT2D eigenvalue weighted by Gasteiger charge is -2.42. The third-order valence-electron chi connectivity index (χ3n) is 6.93. The first-order valence-electron chi connectivity index (χ1n) is 10.8. The minimum absolute atomic E-state index is 0.0148. The van der Waals surface area contributed by atoms with Gasteiger partial charge in [0, 0.05) is 12.0 Å². The number of benzene rings is 2. The van der Waals surface area contributed by atoms with Gasteiger partial charge in [0.25, 0.3) is 0 Å². The van der Waals surface area contributed by atoms with Crippen molar-refractivity contribution in [1.29, 1.82) is 0 Å². The topological polar surface area (TPSA) is 56.8 Å². The maximum absolute atomic E-state index is 13.4. The summed E-state index contributed by atoms with van der Waals surface area (Å²) in [7, 11) is 0. The van der Waals surface area contributed by atoms with E-state index in [0.29, 0.717) is 24.8 Å². The average Bonchev–Trinajstić information content (AvgIpc) is 3.50. The molecule has 5 rings (SSSR count). The number of carbonyl (C=O) groups is 1. The zero-order valence-corrected chi connectivity index (χ0v) is 17.5. The fourth-order valence-corrected chi connectivity index (χ4v) is 4.74. The first-order chi connectivity index (χ1) is 14.8. The fourth-order valence-electron chi connectivity index (χ4n) is 4.74. The second-order valence-corrected chi connectivity index (χ2v) is 8.67. The molecular weight excluding hydrogens is 404 g/mol. The Kier molecular flexibility index (Phi) is 4.43. The molecule has 3 aliphatic rings. The molecule has 1 N–H and O–H groups in total. The van der Waals surface area contributed by atoms with Gasteiger partial charge in [0.1, 0.15) is 11.4 Å². The lowest BCUT2D eigenvalue weighted by Crippen LogP contribution is -2.46. The predicted octanol–water partition coefficient (Wildman–Crippen LogP) is 5.24. The lowest BCUT2D eigenvalue weighted by molar-refractivity contribution is -0.286. The maximum atomic E-state index is 13.4. The van der Waals surface area contributed by atoms with E-state index in [2.05, 4.69) is 28.6 Å². The SMILES string of the molecule is CCC1(CC)C[C@@H](NC(=O)C2(c3ccc4c(c3)OC(F)(F)O4)CC2)c2ccccc2O1. The van der Waals surface area contributed by atoms with Crippen molar-refractivity contribution in [2.24, 2.45) is 0 Å². The number of halogens is 2. The summed E-state index contributed by atoms with van der Waals surface area (Å²) in [5.41, 5.74) is 0.579. The van der Waals surface area contributed by atoms with E-state index in [1.165, 1.54) is 12.1 Å². The van der Waals surface area contributed by atoms with Crippen LogP contribution in [0.5, 0.6) is 17.2 Å². The molecule has 31 heavy (non-hydrogen) atoms. The fraction of sp³-hybridized carbons (Fsp3) is 0.458. The van der Waals surface area contributed by atoms with E-state index < -0.39 is 11.7 Å². The van der Waals surface area contributed by atoms with E-state index in [9.17, 15) is 13.6 Å². The zero-order valence-electron chi connectivity index (χ0n) is 17.5. The Bertz CT molecular complexity index is 1030. The van der Waals surface area contributed by atoms with Crippen LogP contribution in [0.25, 0.3) is 0 Å². The monoisotopic (exact) mass is 429 g/mol.